The fraction of sp³-hybridized carbons (Fsp3) is 0.562. The first kappa shape index (κ1) is 16.7. The van der Waals surface area contributed by atoms with Gasteiger partial charge in [-0.1, -0.05) is 0 Å². The van der Waals surface area contributed by atoms with E-state index in [4.69, 9.17) is 4.74 Å². The number of alkyl carbamates (subject to hydrolysis) is 1. The van der Waals surface area contributed by atoms with Crippen LogP contribution in [-0.4, -0.2) is 23.8 Å². The Labute approximate surface area is 129 Å². The van der Waals surface area contributed by atoms with Crippen molar-refractivity contribution >= 4 is 6.09 Å². The van der Waals surface area contributed by atoms with Crippen LogP contribution in [0.3, 0.4) is 0 Å². The molecular weight excluding hydrogens is 290 g/mol. The van der Waals surface area contributed by atoms with Gasteiger partial charge in [-0.3, -0.25) is 0 Å². The van der Waals surface area contributed by atoms with Gasteiger partial charge in [-0.25, -0.2) is 13.6 Å². The first-order valence-corrected chi connectivity index (χ1v) is 7.35. The summed E-state index contributed by atoms with van der Waals surface area (Å²) in [5, 5.41) is 6.01. The minimum absolute atomic E-state index is 0.0179. The Morgan fingerprint density at radius 1 is 1.23 bits per heavy atom. The molecule has 122 valence electrons. The van der Waals surface area contributed by atoms with Crippen molar-refractivity contribution in [2.75, 3.05) is 0 Å². The molecule has 1 aromatic rings. The van der Waals surface area contributed by atoms with Crippen LogP contribution in [0.25, 0.3) is 0 Å². The Kier molecular flexibility index (Phi) is 4.70. The largest absolute Gasteiger partial charge is 0.444 e. The van der Waals surface area contributed by atoms with Gasteiger partial charge < -0.3 is 15.4 Å². The normalized spacial score (nSPS) is 22.1. The van der Waals surface area contributed by atoms with Crippen LogP contribution in [0.1, 0.15) is 45.7 Å². The molecule has 0 aliphatic heterocycles. The maximum Gasteiger partial charge on any atom is 0.407 e. The van der Waals surface area contributed by atoms with Crippen LogP contribution in [-0.2, 0) is 4.74 Å². The maximum atomic E-state index is 13.2. The van der Waals surface area contributed by atoms with Crippen molar-refractivity contribution in [3.05, 3.63) is 35.4 Å². The molecule has 1 saturated carbocycles. The predicted molar refractivity (Wildman–Crippen MR) is 79.5 cm³/mol. The summed E-state index contributed by atoms with van der Waals surface area (Å²) < 4.78 is 31.6. The molecular formula is C16H22F2N2O2. The van der Waals surface area contributed by atoms with Crippen LogP contribution in [0, 0.1) is 11.6 Å². The van der Waals surface area contributed by atoms with E-state index in [9.17, 15) is 13.6 Å². The molecule has 1 aromatic carbocycles. The monoisotopic (exact) mass is 312 g/mol. The molecule has 0 radical (unpaired) electrons. The van der Waals surface area contributed by atoms with Crippen LogP contribution < -0.4 is 10.6 Å². The molecule has 1 amide bonds. The van der Waals surface area contributed by atoms with E-state index in [0.717, 1.165) is 12.5 Å². The summed E-state index contributed by atoms with van der Waals surface area (Å²) in [7, 11) is 0. The van der Waals surface area contributed by atoms with E-state index in [1.54, 1.807) is 20.8 Å². The molecule has 3 unspecified atom stereocenters. The van der Waals surface area contributed by atoms with Crippen LogP contribution in [0.2, 0.25) is 0 Å². The summed E-state index contributed by atoms with van der Waals surface area (Å²) in [5.74, 6) is -1.19. The number of ether oxygens (including phenoxy) is 1. The third-order valence-electron chi connectivity index (χ3n) is 3.34. The number of hydrogen-bond acceptors (Lipinski definition) is 3. The van der Waals surface area contributed by atoms with Crippen molar-refractivity contribution in [1.82, 2.24) is 10.6 Å². The summed E-state index contributed by atoms with van der Waals surface area (Å²) in [5.41, 5.74) is 0.00860. The van der Waals surface area contributed by atoms with Gasteiger partial charge in [0.15, 0.2) is 0 Å². The van der Waals surface area contributed by atoms with Gasteiger partial charge in [0.05, 0.1) is 0 Å². The van der Waals surface area contributed by atoms with Crippen LogP contribution in [0.4, 0.5) is 13.6 Å². The van der Waals surface area contributed by atoms with Gasteiger partial charge in [0.1, 0.15) is 17.2 Å². The zero-order valence-electron chi connectivity index (χ0n) is 13.2. The number of amides is 1. The van der Waals surface area contributed by atoms with Gasteiger partial charge in [0.25, 0.3) is 0 Å². The number of carbonyl (C=O) groups is 1. The zero-order chi connectivity index (χ0) is 16.5. The van der Waals surface area contributed by atoms with Gasteiger partial charge >= 0.3 is 6.09 Å². The van der Waals surface area contributed by atoms with Gasteiger partial charge in [0, 0.05) is 24.2 Å². The number of hydrogen-bond donors (Lipinski definition) is 2. The van der Waals surface area contributed by atoms with E-state index in [-0.39, 0.29) is 18.1 Å². The van der Waals surface area contributed by atoms with Crippen molar-refractivity contribution in [3.8, 4) is 0 Å². The van der Waals surface area contributed by atoms with E-state index < -0.39 is 23.3 Å². The topological polar surface area (TPSA) is 50.4 Å². The summed E-state index contributed by atoms with van der Waals surface area (Å²) in [4.78, 5) is 11.6. The molecule has 0 aromatic heterocycles. The number of nitrogens with one attached hydrogen (secondary N) is 2. The molecule has 0 spiro atoms. The standard InChI is InChI=1S/C16H22F2N2O2/c1-9(10-5-11(17)7-12(18)6-10)19-13-8-14(13)20-15(21)22-16(2,3)4/h5-7,9,13-14,19H,8H2,1-4H3,(H,20,21). The van der Waals surface area contributed by atoms with Gasteiger partial charge in [-0.15, -0.1) is 0 Å². The summed E-state index contributed by atoms with van der Waals surface area (Å²) in [6, 6.07) is 3.31. The molecule has 4 nitrogen and oxygen atoms in total. The van der Waals surface area contributed by atoms with Crippen molar-refractivity contribution in [1.29, 1.82) is 0 Å². The third-order valence-corrected chi connectivity index (χ3v) is 3.34. The number of carbonyl (C=O) groups excluding carboxylic acids is 1. The van der Waals surface area contributed by atoms with E-state index in [1.165, 1.54) is 12.1 Å². The minimum Gasteiger partial charge on any atom is -0.444 e. The Morgan fingerprint density at radius 2 is 1.82 bits per heavy atom. The van der Waals surface area contributed by atoms with Crippen molar-refractivity contribution < 1.29 is 18.3 Å². The van der Waals surface area contributed by atoms with Crippen molar-refractivity contribution in [3.63, 3.8) is 0 Å². The number of halogens is 2. The average Bonchev–Trinajstić information content (AvgIpc) is 3.02. The molecule has 0 saturated heterocycles. The van der Waals surface area contributed by atoms with E-state index in [0.29, 0.717) is 5.56 Å². The lowest BCUT2D eigenvalue weighted by molar-refractivity contribution is 0.0522. The minimum atomic E-state index is -0.595. The molecule has 22 heavy (non-hydrogen) atoms. The molecule has 0 bridgehead atoms. The molecule has 0 heterocycles. The lowest BCUT2D eigenvalue weighted by atomic mass is 10.1. The molecule has 2 N–H and O–H groups in total. The second kappa shape index (κ2) is 6.20. The van der Waals surface area contributed by atoms with E-state index in [1.807, 2.05) is 6.92 Å². The zero-order valence-corrected chi connectivity index (χ0v) is 13.2. The molecule has 1 fully saturated rings. The third kappa shape index (κ3) is 4.94. The highest BCUT2D eigenvalue weighted by Crippen LogP contribution is 2.26. The smallest absolute Gasteiger partial charge is 0.407 e. The molecule has 1 aliphatic rings. The molecule has 1 aliphatic carbocycles. The molecule has 2 rings (SSSR count). The van der Waals surface area contributed by atoms with Crippen LogP contribution in [0.15, 0.2) is 18.2 Å². The lowest BCUT2D eigenvalue weighted by Gasteiger charge is -2.20. The number of benzene rings is 1. The van der Waals surface area contributed by atoms with Crippen LogP contribution in [0.5, 0.6) is 0 Å². The maximum absolute atomic E-state index is 13.2. The molecule has 6 heteroatoms. The second-order valence-corrected chi connectivity index (χ2v) is 6.69. The van der Waals surface area contributed by atoms with E-state index >= 15 is 0 Å². The highest BCUT2D eigenvalue weighted by Gasteiger charge is 2.40. The van der Waals surface area contributed by atoms with Gasteiger partial charge in [-0.2, -0.15) is 0 Å². The highest BCUT2D eigenvalue weighted by molar-refractivity contribution is 5.68. The fourth-order valence-electron chi connectivity index (χ4n) is 2.24. The summed E-state index contributed by atoms with van der Waals surface area (Å²) in [6.45, 7) is 7.23. The number of rotatable bonds is 4. The Bertz CT molecular complexity index is 537. The fourth-order valence-corrected chi connectivity index (χ4v) is 2.24. The summed E-state index contributed by atoms with van der Waals surface area (Å²) in [6.07, 6.45) is 0.313. The first-order valence-electron chi connectivity index (χ1n) is 7.35. The first-order chi connectivity index (χ1) is 10.1. The Morgan fingerprint density at radius 3 is 2.36 bits per heavy atom. The molecule has 3 atom stereocenters. The second-order valence-electron chi connectivity index (χ2n) is 6.69. The van der Waals surface area contributed by atoms with Gasteiger partial charge in [0.2, 0.25) is 0 Å². The average molecular weight is 312 g/mol. The lowest BCUT2D eigenvalue weighted by Crippen LogP contribution is -2.37. The van der Waals surface area contributed by atoms with E-state index in [2.05, 4.69) is 10.6 Å². The van der Waals surface area contributed by atoms with Crippen molar-refractivity contribution in [2.45, 2.75) is 57.8 Å². The van der Waals surface area contributed by atoms with Crippen LogP contribution >= 0.6 is 0 Å². The summed E-state index contributed by atoms with van der Waals surface area (Å²) >= 11 is 0. The Hall–Kier alpha value is -1.69. The highest BCUT2D eigenvalue weighted by atomic mass is 19.1. The quantitative estimate of drug-likeness (QED) is 0.897. The van der Waals surface area contributed by atoms with Crippen molar-refractivity contribution in [2.24, 2.45) is 0 Å². The van der Waals surface area contributed by atoms with Gasteiger partial charge in [-0.05, 0) is 51.8 Å². The Balaban J connectivity index is 1.82. The predicted octanol–water partition coefficient (Wildman–Crippen LogP) is 3.28. The SMILES string of the molecule is CC(NC1CC1NC(=O)OC(C)(C)C)c1cc(F)cc(F)c1.